The summed E-state index contributed by atoms with van der Waals surface area (Å²) >= 11 is 0. The number of aryl methyl sites for hydroxylation is 2. The molecule has 2 aromatic carbocycles. The minimum Gasteiger partial charge on any atom is -0.478 e. The number of carboxylic acids is 1. The van der Waals surface area contributed by atoms with Crippen molar-refractivity contribution in [1.29, 1.82) is 0 Å². The fraction of sp³-hybridized carbons (Fsp3) is 0.188. The lowest BCUT2D eigenvalue weighted by Crippen LogP contribution is -2.04. The van der Waals surface area contributed by atoms with E-state index in [0.717, 1.165) is 17.7 Å². The van der Waals surface area contributed by atoms with Crippen LogP contribution in [0.3, 0.4) is 0 Å². The van der Waals surface area contributed by atoms with Crippen LogP contribution in [0.25, 0.3) is 11.1 Å². The first-order valence-corrected chi connectivity index (χ1v) is 6.22. The Kier molecular flexibility index (Phi) is 3.77. The SMILES string of the molecule is Cc1cc(C)c(-c2ccc(C(F)(F)F)cc2)cc1C(=O)O. The molecule has 0 bridgehead atoms. The highest BCUT2D eigenvalue weighted by Crippen LogP contribution is 2.32. The zero-order chi connectivity index (χ0) is 15.8. The number of halogens is 3. The van der Waals surface area contributed by atoms with Crippen molar-refractivity contribution in [3.8, 4) is 11.1 Å². The fourth-order valence-corrected chi connectivity index (χ4v) is 2.23. The second kappa shape index (κ2) is 5.24. The van der Waals surface area contributed by atoms with Gasteiger partial charge in [-0.2, -0.15) is 13.2 Å². The van der Waals surface area contributed by atoms with E-state index in [4.69, 9.17) is 5.11 Å². The molecule has 0 heterocycles. The average molecular weight is 294 g/mol. The zero-order valence-electron chi connectivity index (χ0n) is 11.5. The Balaban J connectivity index is 2.52. The van der Waals surface area contributed by atoms with Crippen LogP contribution in [0.2, 0.25) is 0 Å². The summed E-state index contributed by atoms with van der Waals surface area (Å²) < 4.78 is 37.6. The summed E-state index contributed by atoms with van der Waals surface area (Å²) in [7, 11) is 0. The third-order valence-corrected chi connectivity index (χ3v) is 3.33. The molecule has 0 radical (unpaired) electrons. The molecule has 0 atom stereocenters. The van der Waals surface area contributed by atoms with Crippen molar-refractivity contribution in [2.75, 3.05) is 0 Å². The molecular weight excluding hydrogens is 281 g/mol. The summed E-state index contributed by atoms with van der Waals surface area (Å²) in [5.41, 5.74) is 2.03. The van der Waals surface area contributed by atoms with E-state index in [1.807, 2.05) is 0 Å². The van der Waals surface area contributed by atoms with Gasteiger partial charge in [0, 0.05) is 0 Å². The van der Waals surface area contributed by atoms with Crippen LogP contribution in [0.1, 0.15) is 27.0 Å². The minimum atomic E-state index is -4.38. The molecule has 0 aromatic heterocycles. The van der Waals surface area contributed by atoms with Gasteiger partial charge in [0.05, 0.1) is 11.1 Å². The van der Waals surface area contributed by atoms with E-state index in [2.05, 4.69) is 0 Å². The van der Waals surface area contributed by atoms with Crippen LogP contribution in [0.5, 0.6) is 0 Å². The predicted molar refractivity (Wildman–Crippen MR) is 73.3 cm³/mol. The van der Waals surface area contributed by atoms with Crippen LogP contribution < -0.4 is 0 Å². The molecule has 2 nitrogen and oxygen atoms in total. The van der Waals surface area contributed by atoms with Crippen LogP contribution in [0.15, 0.2) is 36.4 Å². The van der Waals surface area contributed by atoms with Gasteiger partial charge in [-0.3, -0.25) is 0 Å². The first kappa shape index (κ1) is 15.1. The van der Waals surface area contributed by atoms with Gasteiger partial charge in [-0.15, -0.1) is 0 Å². The standard InChI is InChI=1S/C16H13F3O2/c1-9-7-10(2)14(15(20)21)8-13(9)11-3-5-12(6-4-11)16(17,18)19/h3-8H,1-2H3,(H,20,21). The Morgan fingerprint density at radius 2 is 1.57 bits per heavy atom. The van der Waals surface area contributed by atoms with Gasteiger partial charge in [-0.25, -0.2) is 4.79 Å². The van der Waals surface area contributed by atoms with Crippen molar-refractivity contribution < 1.29 is 23.1 Å². The van der Waals surface area contributed by atoms with Gasteiger partial charge in [0.2, 0.25) is 0 Å². The third-order valence-electron chi connectivity index (χ3n) is 3.33. The number of carboxylic acid groups (broad SMARTS) is 1. The Morgan fingerprint density at radius 3 is 2.05 bits per heavy atom. The van der Waals surface area contributed by atoms with Gasteiger partial charge < -0.3 is 5.11 Å². The second-order valence-corrected chi connectivity index (χ2v) is 4.86. The topological polar surface area (TPSA) is 37.3 Å². The molecule has 0 aliphatic heterocycles. The molecule has 2 rings (SSSR count). The molecule has 0 aliphatic rings. The third kappa shape index (κ3) is 3.07. The van der Waals surface area contributed by atoms with Crippen molar-refractivity contribution in [3.63, 3.8) is 0 Å². The number of aromatic carboxylic acids is 1. The normalized spacial score (nSPS) is 11.5. The maximum absolute atomic E-state index is 12.5. The van der Waals surface area contributed by atoms with Crippen molar-refractivity contribution in [1.82, 2.24) is 0 Å². The van der Waals surface area contributed by atoms with Crippen LogP contribution in [-0.4, -0.2) is 11.1 Å². The number of benzene rings is 2. The Labute approximate surface area is 119 Å². The molecule has 2 aromatic rings. The van der Waals surface area contributed by atoms with Gasteiger partial charge in [-0.1, -0.05) is 18.2 Å². The van der Waals surface area contributed by atoms with Crippen LogP contribution >= 0.6 is 0 Å². The average Bonchev–Trinajstić information content (AvgIpc) is 2.37. The first-order valence-electron chi connectivity index (χ1n) is 6.22. The smallest absolute Gasteiger partial charge is 0.416 e. The Morgan fingerprint density at radius 1 is 1.00 bits per heavy atom. The highest BCUT2D eigenvalue weighted by Gasteiger charge is 2.30. The lowest BCUT2D eigenvalue weighted by molar-refractivity contribution is -0.137. The van der Waals surface area contributed by atoms with Gasteiger partial charge in [0.15, 0.2) is 0 Å². The highest BCUT2D eigenvalue weighted by molar-refractivity contribution is 5.91. The second-order valence-electron chi connectivity index (χ2n) is 4.86. The molecule has 0 amide bonds. The molecule has 0 unspecified atom stereocenters. The maximum atomic E-state index is 12.5. The van der Waals surface area contributed by atoms with E-state index >= 15 is 0 Å². The largest absolute Gasteiger partial charge is 0.478 e. The Bertz CT molecular complexity index is 686. The molecule has 21 heavy (non-hydrogen) atoms. The van der Waals surface area contributed by atoms with E-state index in [1.54, 1.807) is 19.9 Å². The molecule has 1 N–H and O–H groups in total. The summed E-state index contributed by atoms with van der Waals surface area (Å²) in [4.78, 5) is 11.2. The summed E-state index contributed by atoms with van der Waals surface area (Å²) in [5.74, 6) is -1.05. The van der Waals surface area contributed by atoms with Gasteiger partial charge >= 0.3 is 12.1 Å². The van der Waals surface area contributed by atoms with Crippen LogP contribution in [0, 0.1) is 13.8 Å². The number of rotatable bonds is 2. The summed E-state index contributed by atoms with van der Waals surface area (Å²) in [6.45, 7) is 3.48. The summed E-state index contributed by atoms with van der Waals surface area (Å²) in [6.07, 6.45) is -4.38. The van der Waals surface area contributed by atoms with E-state index in [9.17, 15) is 18.0 Å². The van der Waals surface area contributed by atoms with Gasteiger partial charge in [0.25, 0.3) is 0 Å². The Hall–Kier alpha value is -2.30. The molecular formula is C16H13F3O2. The van der Waals surface area contributed by atoms with Gasteiger partial charge in [0.1, 0.15) is 0 Å². The van der Waals surface area contributed by atoms with E-state index in [-0.39, 0.29) is 5.56 Å². The van der Waals surface area contributed by atoms with Crippen molar-refractivity contribution in [3.05, 3.63) is 58.7 Å². The monoisotopic (exact) mass is 294 g/mol. The first-order chi connectivity index (χ1) is 9.70. The lowest BCUT2D eigenvalue weighted by Gasteiger charge is -2.12. The summed E-state index contributed by atoms with van der Waals surface area (Å²) in [5, 5.41) is 9.13. The molecule has 0 aliphatic carbocycles. The molecule has 0 fully saturated rings. The number of carbonyl (C=O) groups is 1. The van der Waals surface area contributed by atoms with Crippen LogP contribution in [-0.2, 0) is 6.18 Å². The van der Waals surface area contributed by atoms with Crippen molar-refractivity contribution in [2.45, 2.75) is 20.0 Å². The van der Waals surface area contributed by atoms with Crippen molar-refractivity contribution >= 4 is 5.97 Å². The van der Waals surface area contributed by atoms with E-state index in [0.29, 0.717) is 16.7 Å². The number of alkyl halides is 3. The molecule has 110 valence electrons. The van der Waals surface area contributed by atoms with E-state index < -0.39 is 17.7 Å². The predicted octanol–water partition coefficient (Wildman–Crippen LogP) is 4.69. The lowest BCUT2D eigenvalue weighted by atomic mass is 9.94. The molecule has 5 heteroatoms. The number of hydrogen-bond donors (Lipinski definition) is 1. The minimum absolute atomic E-state index is 0.149. The van der Waals surface area contributed by atoms with Crippen LogP contribution in [0.4, 0.5) is 13.2 Å². The molecule has 0 spiro atoms. The maximum Gasteiger partial charge on any atom is 0.416 e. The summed E-state index contributed by atoms with van der Waals surface area (Å²) in [6, 6.07) is 7.91. The molecule has 0 saturated heterocycles. The zero-order valence-corrected chi connectivity index (χ0v) is 11.5. The number of hydrogen-bond acceptors (Lipinski definition) is 1. The fourth-order valence-electron chi connectivity index (χ4n) is 2.23. The van der Waals surface area contributed by atoms with Gasteiger partial charge in [-0.05, 0) is 54.3 Å². The van der Waals surface area contributed by atoms with E-state index in [1.165, 1.54) is 18.2 Å². The quantitative estimate of drug-likeness (QED) is 0.872. The highest BCUT2D eigenvalue weighted by atomic mass is 19.4. The molecule has 0 saturated carbocycles. The van der Waals surface area contributed by atoms with Crippen molar-refractivity contribution in [2.24, 2.45) is 0 Å².